The van der Waals surface area contributed by atoms with Crippen LogP contribution in [0, 0.1) is 0 Å². The molecule has 1 aliphatic heterocycles. The molecule has 1 saturated heterocycles. The Morgan fingerprint density at radius 2 is 1.96 bits per heavy atom. The zero-order valence-corrected chi connectivity index (χ0v) is 14.0. The Bertz CT molecular complexity index is 740. The van der Waals surface area contributed by atoms with Gasteiger partial charge in [0.1, 0.15) is 0 Å². The van der Waals surface area contributed by atoms with Crippen molar-refractivity contribution in [2.45, 2.75) is 12.8 Å². The maximum atomic E-state index is 5.41. The van der Waals surface area contributed by atoms with Crippen LogP contribution in [0.3, 0.4) is 0 Å². The molecule has 0 unspecified atom stereocenters. The fraction of sp³-hybridized carbons (Fsp3) is 0.389. The van der Waals surface area contributed by atoms with Gasteiger partial charge in [-0.15, -0.1) is 0 Å². The van der Waals surface area contributed by atoms with E-state index in [0.29, 0.717) is 0 Å². The lowest BCUT2D eigenvalue weighted by atomic mass is 10.2. The zero-order chi connectivity index (χ0) is 15.5. The van der Waals surface area contributed by atoms with Gasteiger partial charge >= 0.3 is 0 Å². The van der Waals surface area contributed by atoms with Crippen molar-refractivity contribution < 1.29 is 4.74 Å². The van der Waals surface area contributed by atoms with E-state index in [1.54, 1.807) is 11.3 Å². The number of rotatable bonds is 5. The van der Waals surface area contributed by atoms with Gasteiger partial charge in [0.05, 0.1) is 23.4 Å². The van der Waals surface area contributed by atoms with Gasteiger partial charge in [-0.05, 0) is 43.7 Å². The van der Waals surface area contributed by atoms with Crippen LogP contribution in [0.4, 0.5) is 0 Å². The van der Waals surface area contributed by atoms with Crippen LogP contribution >= 0.6 is 11.3 Å². The molecule has 23 heavy (non-hydrogen) atoms. The van der Waals surface area contributed by atoms with Gasteiger partial charge in [0.25, 0.3) is 0 Å². The summed E-state index contributed by atoms with van der Waals surface area (Å²) in [6.45, 7) is 5.04. The van der Waals surface area contributed by atoms with Gasteiger partial charge in [-0.1, -0.05) is 23.5 Å². The number of morpholine rings is 1. The monoisotopic (exact) mass is 327 g/mol. The first-order chi connectivity index (χ1) is 11.4. The highest BCUT2D eigenvalue weighted by Crippen LogP contribution is 2.26. The van der Waals surface area contributed by atoms with Crippen LogP contribution in [0.25, 0.3) is 15.3 Å². The number of aryl methyl sites for hydroxylation is 1. The summed E-state index contributed by atoms with van der Waals surface area (Å²) in [4.78, 5) is 7.26. The van der Waals surface area contributed by atoms with Crippen molar-refractivity contribution in [2.75, 3.05) is 32.8 Å². The normalized spacial score (nSPS) is 16.2. The Kier molecular flexibility index (Phi) is 4.41. The highest BCUT2D eigenvalue weighted by Gasteiger charge is 2.12. The number of thiazole rings is 1. The minimum atomic E-state index is 0.877. The molecule has 1 aliphatic rings. The Balaban J connectivity index is 1.45. The fourth-order valence-corrected chi connectivity index (χ4v) is 4.06. The van der Waals surface area contributed by atoms with Gasteiger partial charge < -0.3 is 4.74 Å². The molecule has 2 aromatic heterocycles. The Labute approximate surface area is 140 Å². The molecule has 4 nitrogen and oxygen atoms in total. The quantitative estimate of drug-likeness (QED) is 0.720. The largest absolute Gasteiger partial charge is 0.379 e. The molecule has 5 heteroatoms. The van der Waals surface area contributed by atoms with Crippen molar-refractivity contribution in [3.63, 3.8) is 0 Å². The first-order valence-electron chi connectivity index (χ1n) is 8.22. The molecular formula is C18H21N3OS. The number of para-hydroxylation sites is 1. The minimum Gasteiger partial charge on any atom is -0.379 e. The fourth-order valence-electron chi connectivity index (χ4n) is 3.08. The molecule has 1 aromatic carbocycles. The van der Waals surface area contributed by atoms with Gasteiger partial charge in [-0.3, -0.25) is 9.47 Å². The van der Waals surface area contributed by atoms with Crippen LogP contribution in [0.5, 0.6) is 0 Å². The van der Waals surface area contributed by atoms with E-state index in [2.05, 4.69) is 46.0 Å². The SMILES string of the molecule is c1ccc2sc(-n3cccc3CCCN3CCOCC3)nc2c1. The van der Waals surface area contributed by atoms with Crippen molar-refractivity contribution in [3.05, 3.63) is 48.3 Å². The van der Waals surface area contributed by atoms with Gasteiger partial charge in [0, 0.05) is 25.0 Å². The smallest absolute Gasteiger partial charge is 0.194 e. The van der Waals surface area contributed by atoms with Crippen LogP contribution < -0.4 is 0 Å². The molecular weight excluding hydrogens is 306 g/mol. The van der Waals surface area contributed by atoms with E-state index >= 15 is 0 Å². The molecule has 0 atom stereocenters. The second-order valence-electron chi connectivity index (χ2n) is 5.89. The molecule has 0 bridgehead atoms. The predicted octanol–water partition coefficient (Wildman–Crippen LogP) is 3.35. The highest BCUT2D eigenvalue weighted by atomic mass is 32.1. The van der Waals surface area contributed by atoms with Gasteiger partial charge in [0.2, 0.25) is 0 Å². The summed E-state index contributed by atoms with van der Waals surface area (Å²) in [5, 5.41) is 1.07. The zero-order valence-electron chi connectivity index (χ0n) is 13.1. The summed E-state index contributed by atoms with van der Waals surface area (Å²) in [5.41, 5.74) is 2.43. The molecule has 0 saturated carbocycles. The van der Waals surface area contributed by atoms with Crippen molar-refractivity contribution in [1.82, 2.24) is 14.5 Å². The summed E-state index contributed by atoms with van der Waals surface area (Å²) in [5.74, 6) is 0. The number of fused-ring (bicyclic) bond motifs is 1. The van der Waals surface area contributed by atoms with Crippen LogP contribution in [-0.4, -0.2) is 47.3 Å². The van der Waals surface area contributed by atoms with Crippen LogP contribution in [0.2, 0.25) is 0 Å². The van der Waals surface area contributed by atoms with E-state index in [0.717, 1.165) is 49.9 Å². The molecule has 0 N–H and O–H groups in total. The predicted molar refractivity (Wildman–Crippen MR) is 94.5 cm³/mol. The molecule has 0 spiro atoms. The van der Waals surface area contributed by atoms with Crippen molar-refractivity contribution >= 4 is 21.6 Å². The second kappa shape index (κ2) is 6.83. The Hall–Kier alpha value is -1.69. The molecule has 0 radical (unpaired) electrons. The lowest BCUT2D eigenvalue weighted by Crippen LogP contribution is -2.37. The summed E-state index contributed by atoms with van der Waals surface area (Å²) < 4.78 is 8.89. The molecule has 3 heterocycles. The molecule has 3 aromatic rings. The second-order valence-corrected chi connectivity index (χ2v) is 6.90. The van der Waals surface area contributed by atoms with Crippen LogP contribution in [-0.2, 0) is 11.2 Å². The van der Waals surface area contributed by atoms with E-state index in [4.69, 9.17) is 9.72 Å². The third-order valence-electron chi connectivity index (χ3n) is 4.33. The number of nitrogens with zero attached hydrogens (tertiary/aromatic N) is 3. The lowest BCUT2D eigenvalue weighted by Gasteiger charge is -2.26. The van der Waals surface area contributed by atoms with E-state index in [9.17, 15) is 0 Å². The molecule has 1 fully saturated rings. The molecule has 0 aliphatic carbocycles. The van der Waals surface area contributed by atoms with E-state index in [1.165, 1.54) is 16.8 Å². The first-order valence-corrected chi connectivity index (χ1v) is 9.04. The summed E-state index contributed by atoms with van der Waals surface area (Å²) in [6.07, 6.45) is 4.39. The Morgan fingerprint density at radius 3 is 2.83 bits per heavy atom. The average Bonchev–Trinajstić information content (AvgIpc) is 3.21. The average molecular weight is 327 g/mol. The van der Waals surface area contributed by atoms with E-state index < -0.39 is 0 Å². The molecule has 4 rings (SSSR count). The van der Waals surface area contributed by atoms with Crippen LogP contribution in [0.1, 0.15) is 12.1 Å². The molecule has 0 amide bonds. The van der Waals surface area contributed by atoms with Crippen molar-refractivity contribution in [3.8, 4) is 5.13 Å². The standard InChI is InChI=1S/C18H21N3OS/c1-2-8-17-16(7-1)19-18(23-17)21-10-4-6-15(21)5-3-9-20-11-13-22-14-12-20/h1-2,4,6-8,10H,3,5,9,11-14H2. The van der Waals surface area contributed by atoms with E-state index in [-0.39, 0.29) is 0 Å². The number of ether oxygens (including phenoxy) is 1. The summed E-state index contributed by atoms with van der Waals surface area (Å²) in [6, 6.07) is 12.7. The van der Waals surface area contributed by atoms with Crippen LogP contribution in [0.15, 0.2) is 42.6 Å². The molecule has 120 valence electrons. The van der Waals surface area contributed by atoms with Crippen molar-refractivity contribution in [2.24, 2.45) is 0 Å². The summed E-state index contributed by atoms with van der Waals surface area (Å²) in [7, 11) is 0. The van der Waals surface area contributed by atoms with Gasteiger partial charge in [-0.25, -0.2) is 4.98 Å². The first kappa shape index (κ1) is 14.9. The van der Waals surface area contributed by atoms with Crippen molar-refractivity contribution in [1.29, 1.82) is 0 Å². The third kappa shape index (κ3) is 3.32. The third-order valence-corrected chi connectivity index (χ3v) is 5.37. The highest BCUT2D eigenvalue weighted by molar-refractivity contribution is 7.20. The van der Waals surface area contributed by atoms with E-state index in [1.807, 2.05) is 6.07 Å². The number of benzene rings is 1. The maximum absolute atomic E-state index is 5.41. The topological polar surface area (TPSA) is 30.3 Å². The maximum Gasteiger partial charge on any atom is 0.194 e. The number of hydrogen-bond donors (Lipinski definition) is 0. The number of aromatic nitrogens is 2. The number of hydrogen-bond acceptors (Lipinski definition) is 4. The summed E-state index contributed by atoms with van der Waals surface area (Å²) >= 11 is 1.76. The lowest BCUT2D eigenvalue weighted by molar-refractivity contribution is 0.0374. The Morgan fingerprint density at radius 1 is 1.09 bits per heavy atom. The minimum absolute atomic E-state index is 0.877. The van der Waals surface area contributed by atoms with Gasteiger partial charge in [-0.2, -0.15) is 0 Å². The van der Waals surface area contributed by atoms with Gasteiger partial charge in [0.15, 0.2) is 5.13 Å².